The maximum atomic E-state index is 3.27. The minimum atomic E-state index is 0.762. The second-order valence-electron chi connectivity index (χ2n) is 5.40. The molecule has 2 aromatic carbocycles. The van der Waals surface area contributed by atoms with Gasteiger partial charge in [-0.1, -0.05) is 73.4 Å². The zero-order chi connectivity index (χ0) is 16.2. The number of rotatable bonds is 5. The summed E-state index contributed by atoms with van der Waals surface area (Å²) in [5, 5.41) is 0. The molecule has 2 rings (SSSR count). The van der Waals surface area contributed by atoms with Crippen LogP contribution in [0.1, 0.15) is 30.9 Å². The van der Waals surface area contributed by atoms with Crippen LogP contribution < -0.4 is 0 Å². The molecule has 116 valence electrons. The van der Waals surface area contributed by atoms with Gasteiger partial charge in [-0.3, -0.25) is 4.90 Å². The predicted octanol–water partition coefficient (Wildman–Crippen LogP) is 4.19. The van der Waals surface area contributed by atoms with Gasteiger partial charge < -0.3 is 0 Å². The van der Waals surface area contributed by atoms with Crippen molar-refractivity contribution in [1.82, 2.24) is 4.90 Å². The summed E-state index contributed by atoms with van der Waals surface area (Å²) >= 11 is 0. The zero-order valence-corrected chi connectivity index (χ0v) is 13.8. The van der Waals surface area contributed by atoms with Crippen LogP contribution in [0.25, 0.3) is 0 Å². The Morgan fingerprint density at radius 3 is 1.65 bits per heavy atom. The van der Waals surface area contributed by atoms with Crippen LogP contribution in [0.5, 0.6) is 0 Å². The van der Waals surface area contributed by atoms with Crippen LogP contribution >= 0.6 is 0 Å². The Kier molecular flexibility index (Phi) is 7.55. The molecular weight excluding hydrogens is 278 g/mol. The molecule has 1 heteroatoms. The van der Waals surface area contributed by atoms with E-state index in [1.807, 2.05) is 60.7 Å². The molecule has 0 N–H and O–H groups in total. The predicted molar refractivity (Wildman–Crippen MR) is 98.0 cm³/mol. The van der Waals surface area contributed by atoms with E-state index in [1.54, 1.807) is 0 Å². The maximum absolute atomic E-state index is 3.27. The Hall–Kier alpha value is -2.48. The SMILES string of the molecule is CCCCN(CC#Cc1ccccc1)CC#Cc1ccccc1. The Labute approximate surface area is 140 Å². The van der Waals surface area contributed by atoms with Crippen LogP contribution in [-0.4, -0.2) is 24.5 Å². The first kappa shape index (κ1) is 16.9. The first-order valence-corrected chi connectivity index (χ1v) is 8.18. The Morgan fingerprint density at radius 2 is 1.22 bits per heavy atom. The van der Waals surface area contributed by atoms with Gasteiger partial charge in [0.05, 0.1) is 13.1 Å². The van der Waals surface area contributed by atoms with Crippen LogP contribution in [-0.2, 0) is 0 Å². The van der Waals surface area contributed by atoms with Crippen LogP contribution in [0, 0.1) is 23.7 Å². The molecule has 1 nitrogen and oxygen atoms in total. The molecule has 0 radical (unpaired) electrons. The summed E-state index contributed by atoms with van der Waals surface area (Å²) in [4.78, 5) is 2.31. The molecule has 0 saturated carbocycles. The van der Waals surface area contributed by atoms with Crippen molar-refractivity contribution in [2.75, 3.05) is 19.6 Å². The Balaban J connectivity index is 1.92. The van der Waals surface area contributed by atoms with E-state index < -0.39 is 0 Å². The van der Waals surface area contributed by atoms with Crippen LogP contribution in [0.4, 0.5) is 0 Å². The lowest BCUT2D eigenvalue weighted by Crippen LogP contribution is -2.25. The number of hydrogen-bond acceptors (Lipinski definition) is 1. The van der Waals surface area contributed by atoms with Crippen molar-refractivity contribution in [2.45, 2.75) is 19.8 Å². The third-order valence-corrected chi connectivity index (χ3v) is 3.45. The number of benzene rings is 2. The molecule has 2 aromatic rings. The van der Waals surface area contributed by atoms with Crippen molar-refractivity contribution in [3.05, 3.63) is 71.8 Å². The highest BCUT2D eigenvalue weighted by Gasteiger charge is 1.99. The van der Waals surface area contributed by atoms with Gasteiger partial charge in [0.15, 0.2) is 0 Å². The van der Waals surface area contributed by atoms with Gasteiger partial charge in [-0.15, -0.1) is 0 Å². The molecule has 0 atom stereocenters. The lowest BCUT2D eigenvalue weighted by atomic mass is 10.2. The van der Waals surface area contributed by atoms with Crippen LogP contribution in [0.15, 0.2) is 60.7 Å². The smallest absolute Gasteiger partial charge is 0.0613 e. The lowest BCUT2D eigenvalue weighted by Gasteiger charge is -2.15. The highest BCUT2D eigenvalue weighted by Crippen LogP contribution is 1.98. The minimum absolute atomic E-state index is 0.762. The fraction of sp³-hybridized carbons (Fsp3) is 0.273. The van der Waals surface area contributed by atoms with E-state index in [-0.39, 0.29) is 0 Å². The fourth-order valence-electron chi connectivity index (χ4n) is 2.15. The summed E-state index contributed by atoms with van der Waals surface area (Å²) in [5.41, 5.74) is 2.14. The summed E-state index contributed by atoms with van der Waals surface area (Å²) < 4.78 is 0. The van der Waals surface area contributed by atoms with E-state index in [0.29, 0.717) is 0 Å². The van der Waals surface area contributed by atoms with Crippen molar-refractivity contribution < 1.29 is 0 Å². The molecule has 0 fully saturated rings. The minimum Gasteiger partial charge on any atom is -0.281 e. The Morgan fingerprint density at radius 1 is 0.739 bits per heavy atom. The maximum Gasteiger partial charge on any atom is 0.0613 e. The van der Waals surface area contributed by atoms with Crippen molar-refractivity contribution in [3.8, 4) is 23.7 Å². The molecule has 0 amide bonds. The van der Waals surface area contributed by atoms with Crippen LogP contribution in [0.3, 0.4) is 0 Å². The van der Waals surface area contributed by atoms with E-state index >= 15 is 0 Å². The average molecular weight is 301 g/mol. The molecule has 0 heterocycles. The summed E-state index contributed by atoms with van der Waals surface area (Å²) in [7, 11) is 0. The van der Waals surface area contributed by atoms with Crippen molar-refractivity contribution in [1.29, 1.82) is 0 Å². The van der Waals surface area contributed by atoms with Gasteiger partial charge in [-0.05, 0) is 30.7 Å². The highest BCUT2D eigenvalue weighted by atomic mass is 15.1. The summed E-state index contributed by atoms with van der Waals surface area (Å²) in [5.74, 6) is 13.0. The van der Waals surface area contributed by atoms with Gasteiger partial charge in [0, 0.05) is 17.7 Å². The van der Waals surface area contributed by atoms with Crippen molar-refractivity contribution >= 4 is 0 Å². The molecule has 0 bridgehead atoms. The second-order valence-corrected chi connectivity index (χ2v) is 5.40. The number of unbranched alkanes of at least 4 members (excludes halogenated alkanes) is 1. The molecule has 0 spiro atoms. The Bertz CT molecular complexity index is 621. The third kappa shape index (κ3) is 6.88. The van der Waals surface area contributed by atoms with E-state index in [0.717, 1.165) is 30.8 Å². The summed E-state index contributed by atoms with van der Waals surface area (Å²) in [6.07, 6.45) is 2.37. The summed E-state index contributed by atoms with van der Waals surface area (Å²) in [6, 6.07) is 20.3. The number of nitrogens with zero attached hydrogens (tertiary/aromatic N) is 1. The van der Waals surface area contributed by atoms with Gasteiger partial charge in [0.25, 0.3) is 0 Å². The van der Waals surface area contributed by atoms with Gasteiger partial charge in [-0.25, -0.2) is 0 Å². The third-order valence-electron chi connectivity index (χ3n) is 3.45. The first-order valence-electron chi connectivity index (χ1n) is 8.18. The topological polar surface area (TPSA) is 3.24 Å². The summed E-state index contributed by atoms with van der Waals surface area (Å²) in [6.45, 7) is 4.78. The molecule has 0 aromatic heterocycles. The fourth-order valence-corrected chi connectivity index (χ4v) is 2.15. The first-order chi connectivity index (χ1) is 11.4. The van der Waals surface area contributed by atoms with Crippen molar-refractivity contribution in [3.63, 3.8) is 0 Å². The molecule has 0 unspecified atom stereocenters. The highest BCUT2D eigenvalue weighted by molar-refractivity contribution is 5.35. The molecule has 0 saturated heterocycles. The monoisotopic (exact) mass is 301 g/mol. The van der Waals surface area contributed by atoms with Gasteiger partial charge >= 0.3 is 0 Å². The van der Waals surface area contributed by atoms with Crippen molar-refractivity contribution in [2.24, 2.45) is 0 Å². The molecule has 23 heavy (non-hydrogen) atoms. The average Bonchev–Trinajstić information content (AvgIpc) is 2.61. The van der Waals surface area contributed by atoms with Gasteiger partial charge in [0.2, 0.25) is 0 Å². The van der Waals surface area contributed by atoms with Gasteiger partial charge in [0.1, 0.15) is 0 Å². The van der Waals surface area contributed by atoms with E-state index in [9.17, 15) is 0 Å². The van der Waals surface area contributed by atoms with E-state index in [4.69, 9.17) is 0 Å². The second kappa shape index (κ2) is 10.3. The van der Waals surface area contributed by atoms with Gasteiger partial charge in [-0.2, -0.15) is 0 Å². The molecule has 0 aliphatic carbocycles. The lowest BCUT2D eigenvalue weighted by molar-refractivity contribution is 0.338. The van der Waals surface area contributed by atoms with Crippen LogP contribution in [0.2, 0.25) is 0 Å². The molecular formula is C22H23N. The normalized spacial score (nSPS) is 9.65. The zero-order valence-electron chi connectivity index (χ0n) is 13.8. The molecule has 0 aliphatic rings. The van der Waals surface area contributed by atoms with E-state index in [1.165, 1.54) is 12.8 Å². The quantitative estimate of drug-likeness (QED) is 0.748. The van der Waals surface area contributed by atoms with E-state index in [2.05, 4.69) is 35.5 Å². The molecule has 0 aliphatic heterocycles. The standard InChI is InChI=1S/C22H23N/c1-2-3-18-23(19-10-16-21-12-6-4-7-13-21)20-11-17-22-14-8-5-9-15-22/h4-9,12-15H,2-3,18-20H2,1H3. The largest absolute Gasteiger partial charge is 0.281 e. The number of hydrogen-bond donors (Lipinski definition) is 0.